The molecule has 2 heterocycles. The molecule has 1 aromatic heterocycles. The molecule has 0 radical (unpaired) electrons. The minimum atomic E-state index is -0.581. The Labute approximate surface area is 132 Å². The second-order valence-corrected chi connectivity index (χ2v) is 5.60. The molecule has 0 saturated carbocycles. The summed E-state index contributed by atoms with van der Waals surface area (Å²) in [5.74, 6) is -0.434. The zero-order chi connectivity index (χ0) is 16.6. The van der Waals surface area contributed by atoms with Crippen LogP contribution in [0.3, 0.4) is 0 Å². The van der Waals surface area contributed by atoms with Gasteiger partial charge in [0.1, 0.15) is 11.5 Å². The lowest BCUT2D eigenvalue weighted by atomic mass is 10.0. The van der Waals surface area contributed by atoms with E-state index in [1.807, 2.05) is 0 Å². The molecule has 9 nitrogen and oxygen atoms in total. The number of nitro benzene ring substituents is 1. The highest BCUT2D eigenvalue weighted by atomic mass is 32.1. The highest BCUT2D eigenvalue weighted by Gasteiger charge is 2.28. The van der Waals surface area contributed by atoms with Crippen LogP contribution in [0.2, 0.25) is 0 Å². The molecule has 0 atom stereocenters. The molecule has 0 fully saturated rings. The number of nitrogens with one attached hydrogen (secondary N) is 1. The van der Waals surface area contributed by atoms with Gasteiger partial charge in [-0.1, -0.05) is 12.1 Å². The van der Waals surface area contributed by atoms with Crippen LogP contribution in [0.15, 0.2) is 35.3 Å². The van der Waals surface area contributed by atoms with Gasteiger partial charge in [0.15, 0.2) is 0 Å². The minimum absolute atomic E-state index is 0.177. The van der Waals surface area contributed by atoms with Gasteiger partial charge in [-0.05, 0) is 17.4 Å². The van der Waals surface area contributed by atoms with E-state index < -0.39 is 15.8 Å². The maximum atomic E-state index is 11.7. The molecule has 10 heteroatoms. The second-order valence-electron chi connectivity index (χ2n) is 4.57. The summed E-state index contributed by atoms with van der Waals surface area (Å²) in [7, 11) is 0. The second kappa shape index (κ2) is 5.57. The number of para-hydroxylation sites is 1. The van der Waals surface area contributed by atoms with E-state index in [1.165, 1.54) is 24.3 Å². The Balaban J connectivity index is 2.23. The van der Waals surface area contributed by atoms with Crippen LogP contribution in [0.25, 0.3) is 0 Å². The summed E-state index contributed by atoms with van der Waals surface area (Å²) in [6.07, 6.45) is 0. The predicted octanol–water partition coefficient (Wildman–Crippen LogP) is 2.35. The smallest absolute Gasteiger partial charge is 0.315 e. The molecule has 1 aliphatic heterocycles. The summed E-state index contributed by atoms with van der Waals surface area (Å²) in [6, 6.07) is 7.20. The average Bonchev–Trinajstić information content (AvgIpc) is 2.85. The van der Waals surface area contributed by atoms with E-state index >= 15 is 0 Å². The Hall–Kier alpha value is -3.14. The number of fused-ring (bicyclic) bond motifs is 1. The van der Waals surface area contributed by atoms with E-state index in [0.717, 1.165) is 11.3 Å². The van der Waals surface area contributed by atoms with E-state index in [2.05, 4.69) is 10.3 Å². The SMILES string of the molecule is O=C1CN=C(c2ccccc2[N+](=O)[O-])c2cc([N+](=O)[O-])sc2N1. The van der Waals surface area contributed by atoms with Crippen LogP contribution in [0, 0.1) is 20.2 Å². The lowest BCUT2D eigenvalue weighted by Crippen LogP contribution is -2.12. The Morgan fingerprint density at radius 2 is 1.87 bits per heavy atom. The summed E-state index contributed by atoms with van der Waals surface area (Å²) in [4.78, 5) is 36.8. The molecule has 2 aromatic rings. The molecule has 0 saturated heterocycles. The van der Waals surface area contributed by atoms with Crippen molar-refractivity contribution in [3.8, 4) is 0 Å². The molecule has 0 spiro atoms. The third-order valence-electron chi connectivity index (χ3n) is 3.14. The molecule has 23 heavy (non-hydrogen) atoms. The molecular formula is C13H8N4O5S. The van der Waals surface area contributed by atoms with Crippen LogP contribution in [0.1, 0.15) is 11.1 Å². The lowest BCUT2D eigenvalue weighted by molar-refractivity contribution is -0.385. The number of thiophene rings is 1. The molecule has 3 rings (SSSR count). The van der Waals surface area contributed by atoms with E-state index in [1.54, 1.807) is 6.07 Å². The zero-order valence-electron chi connectivity index (χ0n) is 11.4. The third-order valence-corrected chi connectivity index (χ3v) is 4.15. The zero-order valence-corrected chi connectivity index (χ0v) is 12.2. The number of hydrogen-bond acceptors (Lipinski definition) is 7. The van der Waals surface area contributed by atoms with Gasteiger partial charge >= 0.3 is 5.00 Å². The van der Waals surface area contributed by atoms with Crippen molar-refractivity contribution in [2.75, 3.05) is 11.9 Å². The van der Waals surface area contributed by atoms with Crippen LogP contribution in [-0.2, 0) is 4.79 Å². The largest absolute Gasteiger partial charge is 0.326 e. The fourth-order valence-electron chi connectivity index (χ4n) is 2.20. The van der Waals surface area contributed by atoms with Crippen LogP contribution >= 0.6 is 11.3 Å². The van der Waals surface area contributed by atoms with Crippen LogP contribution in [-0.4, -0.2) is 28.0 Å². The van der Waals surface area contributed by atoms with Crippen molar-refractivity contribution >= 4 is 38.6 Å². The minimum Gasteiger partial charge on any atom is -0.315 e. The number of rotatable bonds is 3. The van der Waals surface area contributed by atoms with Gasteiger partial charge in [0.05, 0.1) is 21.1 Å². The summed E-state index contributed by atoms with van der Waals surface area (Å²) in [5.41, 5.74) is 0.528. The first-order valence-electron chi connectivity index (χ1n) is 6.34. The molecule has 0 aliphatic carbocycles. The summed E-state index contributed by atoms with van der Waals surface area (Å²) < 4.78 is 0. The number of amides is 1. The monoisotopic (exact) mass is 332 g/mol. The van der Waals surface area contributed by atoms with Gasteiger partial charge in [-0.2, -0.15) is 0 Å². The van der Waals surface area contributed by atoms with Gasteiger partial charge in [-0.15, -0.1) is 0 Å². The van der Waals surface area contributed by atoms with Gasteiger partial charge < -0.3 is 5.32 Å². The van der Waals surface area contributed by atoms with Crippen molar-refractivity contribution in [2.24, 2.45) is 4.99 Å². The number of benzene rings is 1. The van der Waals surface area contributed by atoms with Gasteiger partial charge in [0, 0.05) is 17.7 Å². The quantitative estimate of drug-likeness (QED) is 0.681. The number of nitro groups is 2. The van der Waals surface area contributed by atoms with Gasteiger partial charge in [0.2, 0.25) is 5.91 Å². The van der Waals surface area contributed by atoms with Crippen molar-refractivity contribution in [3.63, 3.8) is 0 Å². The molecule has 0 unspecified atom stereocenters. The van der Waals surface area contributed by atoms with Crippen molar-refractivity contribution in [3.05, 3.63) is 61.7 Å². The normalized spacial score (nSPS) is 13.6. The molecule has 1 amide bonds. The van der Waals surface area contributed by atoms with E-state index in [-0.39, 0.29) is 33.5 Å². The van der Waals surface area contributed by atoms with E-state index in [0.29, 0.717) is 5.56 Å². The molecule has 1 aliphatic rings. The lowest BCUT2D eigenvalue weighted by Gasteiger charge is -2.05. The highest BCUT2D eigenvalue weighted by molar-refractivity contribution is 7.19. The third kappa shape index (κ3) is 2.66. The summed E-state index contributed by atoms with van der Waals surface area (Å²) >= 11 is 0.791. The van der Waals surface area contributed by atoms with Crippen molar-refractivity contribution in [1.29, 1.82) is 0 Å². The molecule has 116 valence electrons. The number of hydrogen-bond donors (Lipinski definition) is 1. The first kappa shape index (κ1) is 14.8. The number of aliphatic imine (C=N–C) groups is 1. The van der Waals surface area contributed by atoms with Crippen molar-refractivity contribution < 1.29 is 14.6 Å². The van der Waals surface area contributed by atoms with Crippen LogP contribution < -0.4 is 5.32 Å². The highest BCUT2D eigenvalue weighted by Crippen LogP contribution is 2.37. The molecule has 1 N–H and O–H groups in total. The maximum Gasteiger partial charge on any atom is 0.326 e. The standard InChI is InChI=1S/C13H8N4O5S/c18-10-6-14-12(7-3-1-2-4-9(7)16(19)20)8-5-11(17(21)22)23-13(8)15-10/h1-5H,6H2,(H,15,18). The summed E-state index contributed by atoms with van der Waals surface area (Å²) in [5, 5.41) is 24.8. The van der Waals surface area contributed by atoms with E-state index in [9.17, 15) is 25.0 Å². The average molecular weight is 332 g/mol. The van der Waals surface area contributed by atoms with Crippen molar-refractivity contribution in [2.45, 2.75) is 0 Å². The Kier molecular flexibility index (Phi) is 3.58. The molecule has 1 aromatic carbocycles. The Morgan fingerprint density at radius 3 is 2.57 bits per heavy atom. The number of nitrogens with zero attached hydrogens (tertiary/aromatic N) is 3. The van der Waals surface area contributed by atoms with Crippen LogP contribution in [0.4, 0.5) is 15.7 Å². The predicted molar refractivity (Wildman–Crippen MR) is 83.2 cm³/mol. The topological polar surface area (TPSA) is 128 Å². The first-order chi connectivity index (χ1) is 11.0. The Morgan fingerprint density at radius 1 is 1.13 bits per heavy atom. The fraction of sp³-hybridized carbons (Fsp3) is 0.0769. The van der Waals surface area contributed by atoms with E-state index in [4.69, 9.17) is 0 Å². The van der Waals surface area contributed by atoms with Crippen molar-refractivity contribution in [1.82, 2.24) is 0 Å². The van der Waals surface area contributed by atoms with Gasteiger partial charge in [-0.25, -0.2) is 0 Å². The van der Waals surface area contributed by atoms with Crippen LogP contribution in [0.5, 0.6) is 0 Å². The van der Waals surface area contributed by atoms with Gasteiger partial charge in [0.25, 0.3) is 5.69 Å². The van der Waals surface area contributed by atoms with Gasteiger partial charge in [-0.3, -0.25) is 30.0 Å². The number of carbonyl (C=O) groups excluding carboxylic acids is 1. The molecule has 0 bridgehead atoms. The number of anilines is 1. The maximum absolute atomic E-state index is 11.7. The summed E-state index contributed by atoms with van der Waals surface area (Å²) in [6.45, 7) is -0.212. The Bertz CT molecular complexity index is 873. The fourth-order valence-corrected chi connectivity index (χ4v) is 3.09. The number of carbonyl (C=O) groups is 1. The first-order valence-corrected chi connectivity index (χ1v) is 7.15. The molecular weight excluding hydrogens is 324 g/mol.